The van der Waals surface area contributed by atoms with Gasteiger partial charge in [0, 0.05) is 49.6 Å². The first kappa shape index (κ1) is 16.8. The van der Waals surface area contributed by atoms with Crippen LogP contribution in [0.1, 0.15) is 16.1 Å². The number of urea groups is 1. The molecule has 7 nitrogen and oxygen atoms in total. The van der Waals surface area contributed by atoms with Crippen molar-refractivity contribution in [1.82, 2.24) is 19.3 Å². The Hall–Kier alpha value is -2.61. The van der Waals surface area contributed by atoms with Gasteiger partial charge in [-0.05, 0) is 32.4 Å². The second-order valence-electron chi connectivity index (χ2n) is 6.61. The molecule has 8 heteroatoms. The van der Waals surface area contributed by atoms with Crippen LogP contribution in [0.3, 0.4) is 0 Å². The molecule has 2 amide bonds. The molecule has 0 aliphatic carbocycles. The van der Waals surface area contributed by atoms with Crippen molar-refractivity contribution in [3.05, 3.63) is 40.8 Å². The van der Waals surface area contributed by atoms with Gasteiger partial charge in [0.05, 0.1) is 11.4 Å². The maximum atomic E-state index is 12.6. The number of fused-ring (bicyclic) bond motifs is 1. The van der Waals surface area contributed by atoms with Crippen LogP contribution >= 0.6 is 11.3 Å². The van der Waals surface area contributed by atoms with Crippen molar-refractivity contribution in [3.63, 3.8) is 0 Å². The molecule has 1 aliphatic rings. The number of hydrogen-bond donors (Lipinski definition) is 1. The van der Waals surface area contributed by atoms with Crippen molar-refractivity contribution in [1.29, 1.82) is 0 Å². The van der Waals surface area contributed by atoms with E-state index >= 15 is 0 Å². The zero-order chi connectivity index (χ0) is 18.3. The first-order valence-corrected chi connectivity index (χ1v) is 9.51. The molecule has 26 heavy (non-hydrogen) atoms. The van der Waals surface area contributed by atoms with E-state index in [0.29, 0.717) is 13.1 Å². The lowest BCUT2D eigenvalue weighted by Gasteiger charge is -2.34. The highest BCUT2D eigenvalue weighted by molar-refractivity contribution is 7.15. The summed E-state index contributed by atoms with van der Waals surface area (Å²) in [6.45, 7) is 9.12. The Bertz CT molecular complexity index is 934. The standard InChI is InChI=1S/C18H22N6OS/c1-12-10-15(11-24-5-4-19-16(12)24)21-17(25)22-6-8-23(9-7-22)18-20-13(2)14(3)26-18/h4-5,10-11H,6-9H2,1-3H3,(H,21,25). The van der Waals surface area contributed by atoms with Crippen LogP contribution in [-0.4, -0.2) is 51.5 Å². The van der Waals surface area contributed by atoms with Gasteiger partial charge in [0.1, 0.15) is 5.65 Å². The topological polar surface area (TPSA) is 65.8 Å². The van der Waals surface area contributed by atoms with E-state index in [4.69, 9.17) is 0 Å². The molecule has 0 saturated carbocycles. The second kappa shape index (κ2) is 6.60. The Morgan fingerprint density at radius 3 is 2.65 bits per heavy atom. The normalized spacial score (nSPS) is 14.9. The summed E-state index contributed by atoms with van der Waals surface area (Å²) >= 11 is 1.72. The molecule has 1 fully saturated rings. The van der Waals surface area contributed by atoms with Gasteiger partial charge in [-0.2, -0.15) is 0 Å². The van der Waals surface area contributed by atoms with Crippen LogP contribution in [0.15, 0.2) is 24.7 Å². The zero-order valence-corrected chi connectivity index (χ0v) is 16.0. The minimum absolute atomic E-state index is 0.0602. The van der Waals surface area contributed by atoms with Crippen molar-refractivity contribution in [2.24, 2.45) is 0 Å². The molecular formula is C18H22N6OS. The third-order valence-electron chi connectivity index (χ3n) is 4.78. The van der Waals surface area contributed by atoms with E-state index in [1.54, 1.807) is 17.5 Å². The van der Waals surface area contributed by atoms with Crippen molar-refractivity contribution >= 4 is 33.8 Å². The number of rotatable bonds is 2. The third-order valence-corrected chi connectivity index (χ3v) is 5.91. The number of thiazole rings is 1. The van der Waals surface area contributed by atoms with E-state index in [2.05, 4.69) is 27.1 Å². The predicted molar refractivity (Wildman–Crippen MR) is 104 cm³/mol. The zero-order valence-electron chi connectivity index (χ0n) is 15.2. The number of hydrogen-bond acceptors (Lipinski definition) is 5. The lowest BCUT2D eigenvalue weighted by molar-refractivity contribution is 0.208. The summed E-state index contributed by atoms with van der Waals surface area (Å²) < 4.78 is 1.93. The Morgan fingerprint density at radius 1 is 1.19 bits per heavy atom. The molecule has 0 aromatic carbocycles. The summed E-state index contributed by atoms with van der Waals surface area (Å²) in [5, 5.41) is 4.07. The molecule has 3 aromatic heterocycles. The highest BCUT2D eigenvalue weighted by atomic mass is 32.1. The number of anilines is 2. The third kappa shape index (κ3) is 3.12. The molecule has 0 bridgehead atoms. The molecule has 1 saturated heterocycles. The molecule has 0 atom stereocenters. The van der Waals surface area contributed by atoms with Gasteiger partial charge in [0.25, 0.3) is 0 Å². The predicted octanol–water partition coefficient (Wildman–Crippen LogP) is 3.07. The lowest BCUT2D eigenvalue weighted by atomic mass is 10.2. The van der Waals surface area contributed by atoms with Crippen LogP contribution in [0.5, 0.6) is 0 Å². The quantitative estimate of drug-likeness (QED) is 0.753. The maximum Gasteiger partial charge on any atom is 0.322 e. The van der Waals surface area contributed by atoms with E-state index in [-0.39, 0.29) is 6.03 Å². The first-order chi connectivity index (χ1) is 12.5. The number of piperazine rings is 1. The average Bonchev–Trinajstić information content (AvgIpc) is 3.22. The van der Waals surface area contributed by atoms with Gasteiger partial charge in [-0.3, -0.25) is 0 Å². The fourth-order valence-corrected chi connectivity index (χ4v) is 4.13. The average molecular weight is 370 g/mol. The molecule has 4 rings (SSSR count). The van der Waals surface area contributed by atoms with Crippen LogP contribution in [-0.2, 0) is 0 Å². The number of nitrogens with zero attached hydrogens (tertiary/aromatic N) is 5. The second-order valence-corrected chi connectivity index (χ2v) is 7.79. The molecule has 1 N–H and O–H groups in total. The number of imidazole rings is 1. The summed E-state index contributed by atoms with van der Waals surface area (Å²) in [6, 6.07) is 1.90. The minimum atomic E-state index is -0.0602. The molecule has 4 heterocycles. The SMILES string of the molecule is Cc1nc(N2CCN(C(=O)Nc3cc(C)c4nccn4c3)CC2)sc1C. The Kier molecular flexibility index (Phi) is 4.28. The molecule has 0 spiro atoms. The number of aromatic nitrogens is 3. The van der Waals surface area contributed by atoms with E-state index in [0.717, 1.165) is 40.8 Å². The van der Waals surface area contributed by atoms with Crippen LogP contribution < -0.4 is 10.2 Å². The number of amides is 2. The minimum Gasteiger partial charge on any atom is -0.345 e. The van der Waals surface area contributed by atoms with Crippen molar-refractivity contribution < 1.29 is 4.79 Å². The highest BCUT2D eigenvalue weighted by Crippen LogP contribution is 2.26. The van der Waals surface area contributed by atoms with Crippen LogP contribution in [0, 0.1) is 20.8 Å². The molecule has 1 aliphatic heterocycles. The highest BCUT2D eigenvalue weighted by Gasteiger charge is 2.23. The van der Waals surface area contributed by atoms with Crippen LogP contribution in [0.4, 0.5) is 15.6 Å². The summed E-state index contributed by atoms with van der Waals surface area (Å²) in [4.78, 5) is 26.9. The van der Waals surface area contributed by atoms with Gasteiger partial charge >= 0.3 is 6.03 Å². The van der Waals surface area contributed by atoms with E-state index in [1.807, 2.05) is 41.6 Å². The summed E-state index contributed by atoms with van der Waals surface area (Å²) in [6.07, 6.45) is 5.54. The smallest absolute Gasteiger partial charge is 0.322 e. The Labute approximate surface area is 156 Å². The van der Waals surface area contributed by atoms with Crippen molar-refractivity contribution in [3.8, 4) is 0 Å². The van der Waals surface area contributed by atoms with Gasteiger partial charge in [-0.1, -0.05) is 0 Å². The monoisotopic (exact) mass is 370 g/mol. The summed E-state index contributed by atoms with van der Waals surface area (Å²) in [5.41, 5.74) is 3.82. The van der Waals surface area contributed by atoms with Gasteiger partial charge in [-0.25, -0.2) is 14.8 Å². The summed E-state index contributed by atoms with van der Waals surface area (Å²) in [5.74, 6) is 0. The van der Waals surface area contributed by atoms with Crippen molar-refractivity contribution in [2.45, 2.75) is 20.8 Å². The molecule has 0 unspecified atom stereocenters. The Morgan fingerprint density at radius 2 is 1.96 bits per heavy atom. The van der Waals surface area contributed by atoms with Crippen LogP contribution in [0.2, 0.25) is 0 Å². The largest absolute Gasteiger partial charge is 0.345 e. The summed E-state index contributed by atoms with van der Waals surface area (Å²) in [7, 11) is 0. The number of nitrogens with one attached hydrogen (secondary N) is 1. The molecule has 0 radical (unpaired) electrons. The van der Waals surface area contributed by atoms with E-state index < -0.39 is 0 Å². The van der Waals surface area contributed by atoms with Gasteiger partial charge in [0.15, 0.2) is 5.13 Å². The lowest BCUT2D eigenvalue weighted by Crippen LogP contribution is -2.50. The Balaban J connectivity index is 1.40. The van der Waals surface area contributed by atoms with Crippen molar-refractivity contribution in [2.75, 3.05) is 36.4 Å². The number of carbonyl (C=O) groups is 1. The van der Waals surface area contributed by atoms with Crippen LogP contribution in [0.25, 0.3) is 5.65 Å². The molecular weight excluding hydrogens is 348 g/mol. The number of pyridine rings is 1. The fraction of sp³-hybridized carbons (Fsp3) is 0.389. The van der Waals surface area contributed by atoms with Gasteiger partial charge in [0.2, 0.25) is 0 Å². The maximum absolute atomic E-state index is 12.6. The number of aryl methyl sites for hydroxylation is 3. The first-order valence-electron chi connectivity index (χ1n) is 8.69. The molecule has 3 aromatic rings. The van der Waals surface area contributed by atoms with E-state index in [9.17, 15) is 4.79 Å². The van der Waals surface area contributed by atoms with Gasteiger partial charge < -0.3 is 19.5 Å². The number of carbonyl (C=O) groups excluding carboxylic acids is 1. The van der Waals surface area contributed by atoms with E-state index in [1.165, 1.54) is 4.88 Å². The van der Waals surface area contributed by atoms with Gasteiger partial charge in [-0.15, -0.1) is 11.3 Å². The fourth-order valence-electron chi connectivity index (χ4n) is 3.17. The molecule has 136 valence electrons.